The minimum atomic E-state index is 0.0703. The molecule has 0 radical (unpaired) electrons. The highest BCUT2D eigenvalue weighted by molar-refractivity contribution is 5.97. The molecule has 1 amide bonds. The average molecular weight is 260 g/mol. The van der Waals surface area contributed by atoms with Gasteiger partial charge in [0.05, 0.1) is 0 Å². The van der Waals surface area contributed by atoms with Gasteiger partial charge < -0.3 is 10.6 Å². The van der Waals surface area contributed by atoms with Gasteiger partial charge in [-0.05, 0) is 63.7 Å². The summed E-state index contributed by atoms with van der Waals surface area (Å²) in [5.41, 5.74) is 4.19. The highest BCUT2D eigenvalue weighted by Gasteiger charge is 2.16. The van der Waals surface area contributed by atoms with Crippen molar-refractivity contribution < 1.29 is 4.79 Å². The molecular weight excluding hydrogens is 236 g/mol. The molecule has 1 atom stereocenters. The van der Waals surface area contributed by atoms with E-state index in [1.807, 2.05) is 13.8 Å². The summed E-state index contributed by atoms with van der Waals surface area (Å²) in [7, 11) is 0. The molecule has 3 nitrogen and oxygen atoms in total. The van der Waals surface area contributed by atoms with Crippen molar-refractivity contribution in [1.82, 2.24) is 10.6 Å². The second kappa shape index (κ2) is 6.20. The summed E-state index contributed by atoms with van der Waals surface area (Å²) >= 11 is 0. The maximum absolute atomic E-state index is 12.2. The van der Waals surface area contributed by atoms with Gasteiger partial charge in [0.25, 0.3) is 5.91 Å². The molecule has 1 unspecified atom stereocenters. The lowest BCUT2D eigenvalue weighted by atomic mass is 9.99. The Morgan fingerprint density at radius 2 is 2.00 bits per heavy atom. The highest BCUT2D eigenvalue weighted by atomic mass is 16.1. The Kier molecular flexibility index (Phi) is 4.59. The third-order valence-electron chi connectivity index (χ3n) is 3.90. The minimum absolute atomic E-state index is 0.0703. The predicted octanol–water partition coefficient (Wildman–Crippen LogP) is 2.34. The van der Waals surface area contributed by atoms with Crippen LogP contribution >= 0.6 is 0 Å². The molecule has 0 aliphatic carbocycles. The third-order valence-corrected chi connectivity index (χ3v) is 3.90. The molecule has 1 aliphatic heterocycles. The average Bonchev–Trinajstić information content (AvgIpc) is 2.80. The molecule has 1 fully saturated rings. The summed E-state index contributed by atoms with van der Waals surface area (Å²) < 4.78 is 0. The number of aryl methyl sites for hydroxylation is 3. The van der Waals surface area contributed by atoms with Crippen LogP contribution < -0.4 is 10.6 Å². The summed E-state index contributed by atoms with van der Waals surface area (Å²) in [5, 5.41) is 6.41. The fraction of sp³-hybridized carbons (Fsp3) is 0.562. The molecule has 0 bridgehead atoms. The van der Waals surface area contributed by atoms with E-state index in [4.69, 9.17) is 0 Å². The Bertz CT molecular complexity index is 439. The van der Waals surface area contributed by atoms with E-state index < -0.39 is 0 Å². The molecule has 19 heavy (non-hydrogen) atoms. The van der Waals surface area contributed by atoms with Crippen molar-refractivity contribution in [2.75, 3.05) is 19.6 Å². The molecule has 2 N–H and O–H groups in total. The molecule has 0 aromatic heterocycles. The number of rotatable bonds is 4. The van der Waals surface area contributed by atoms with E-state index in [1.165, 1.54) is 12.0 Å². The summed E-state index contributed by atoms with van der Waals surface area (Å²) in [4.78, 5) is 12.2. The lowest BCUT2D eigenvalue weighted by molar-refractivity contribution is 0.0950. The molecule has 1 aromatic rings. The smallest absolute Gasteiger partial charge is 0.251 e. The van der Waals surface area contributed by atoms with Crippen LogP contribution in [-0.4, -0.2) is 25.5 Å². The molecule has 1 aromatic carbocycles. The van der Waals surface area contributed by atoms with Crippen LogP contribution in [0.2, 0.25) is 0 Å². The van der Waals surface area contributed by atoms with E-state index in [-0.39, 0.29) is 5.91 Å². The first-order valence-corrected chi connectivity index (χ1v) is 7.14. The van der Waals surface area contributed by atoms with E-state index >= 15 is 0 Å². The molecular formula is C16H24N2O. The van der Waals surface area contributed by atoms with Crippen LogP contribution in [0, 0.1) is 26.7 Å². The first kappa shape index (κ1) is 14.1. The lowest BCUT2D eigenvalue weighted by Gasteiger charge is -2.13. The topological polar surface area (TPSA) is 41.1 Å². The zero-order chi connectivity index (χ0) is 13.8. The molecule has 2 rings (SSSR count). The van der Waals surface area contributed by atoms with Gasteiger partial charge in [-0.15, -0.1) is 0 Å². The third kappa shape index (κ3) is 3.57. The standard InChI is InChI=1S/C16H24N2O/c1-11-8-12(2)15(13(3)9-11)16(19)18-7-5-14-4-6-17-10-14/h8-9,14,17H,4-7,10H2,1-3H3,(H,18,19). The van der Waals surface area contributed by atoms with Crippen LogP contribution in [0.1, 0.15) is 39.9 Å². The SMILES string of the molecule is Cc1cc(C)c(C(=O)NCCC2CCNC2)c(C)c1. The number of nitrogens with one attached hydrogen (secondary N) is 2. The second-order valence-electron chi connectivity index (χ2n) is 5.68. The van der Waals surface area contributed by atoms with Crippen molar-refractivity contribution >= 4 is 5.91 Å². The molecule has 0 saturated carbocycles. The summed E-state index contributed by atoms with van der Waals surface area (Å²) in [5.74, 6) is 0.793. The largest absolute Gasteiger partial charge is 0.352 e. The normalized spacial score (nSPS) is 18.6. The summed E-state index contributed by atoms with van der Waals surface area (Å²) in [6.45, 7) is 9.07. The van der Waals surface area contributed by atoms with E-state index in [0.29, 0.717) is 0 Å². The van der Waals surface area contributed by atoms with Gasteiger partial charge in [-0.1, -0.05) is 17.7 Å². The molecule has 3 heteroatoms. The Hall–Kier alpha value is -1.35. The molecule has 104 valence electrons. The van der Waals surface area contributed by atoms with Crippen LogP contribution in [0.5, 0.6) is 0 Å². The fourth-order valence-corrected chi connectivity index (χ4v) is 2.98. The van der Waals surface area contributed by atoms with E-state index in [1.54, 1.807) is 0 Å². The van der Waals surface area contributed by atoms with Crippen molar-refractivity contribution in [3.05, 3.63) is 34.4 Å². The Balaban J connectivity index is 1.92. The van der Waals surface area contributed by atoms with E-state index in [9.17, 15) is 4.79 Å². The Morgan fingerprint density at radius 3 is 2.58 bits per heavy atom. The van der Waals surface area contributed by atoms with Gasteiger partial charge in [0.1, 0.15) is 0 Å². The lowest BCUT2D eigenvalue weighted by Crippen LogP contribution is -2.27. The number of carbonyl (C=O) groups is 1. The first-order chi connectivity index (χ1) is 9.08. The van der Waals surface area contributed by atoms with Gasteiger partial charge in [-0.3, -0.25) is 4.79 Å². The van der Waals surface area contributed by atoms with Gasteiger partial charge in [-0.2, -0.15) is 0 Å². The maximum Gasteiger partial charge on any atom is 0.251 e. The van der Waals surface area contributed by atoms with Crippen LogP contribution in [0.25, 0.3) is 0 Å². The van der Waals surface area contributed by atoms with Crippen LogP contribution in [0.15, 0.2) is 12.1 Å². The fourth-order valence-electron chi connectivity index (χ4n) is 2.98. The van der Waals surface area contributed by atoms with Gasteiger partial charge in [0.15, 0.2) is 0 Å². The minimum Gasteiger partial charge on any atom is -0.352 e. The molecule has 1 saturated heterocycles. The van der Waals surface area contributed by atoms with Gasteiger partial charge >= 0.3 is 0 Å². The van der Waals surface area contributed by atoms with Crippen molar-refractivity contribution in [3.63, 3.8) is 0 Å². The number of carbonyl (C=O) groups excluding carboxylic acids is 1. The van der Waals surface area contributed by atoms with Crippen molar-refractivity contribution in [2.24, 2.45) is 5.92 Å². The second-order valence-corrected chi connectivity index (χ2v) is 5.68. The van der Waals surface area contributed by atoms with Crippen LogP contribution in [-0.2, 0) is 0 Å². The Labute approximate surface area is 115 Å². The van der Waals surface area contributed by atoms with Crippen LogP contribution in [0.4, 0.5) is 0 Å². The zero-order valence-electron chi connectivity index (χ0n) is 12.2. The monoisotopic (exact) mass is 260 g/mol. The van der Waals surface area contributed by atoms with E-state index in [2.05, 4.69) is 29.7 Å². The molecule has 1 aliphatic rings. The molecule has 1 heterocycles. The van der Waals surface area contributed by atoms with Crippen LogP contribution in [0.3, 0.4) is 0 Å². The van der Waals surface area contributed by atoms with E-state index in [0.717, 1.165) is 48.7 Å². The zero-order valence-corrected chi connectivity index (χ0v) is 12.2. The van der Waals surface area contributed by atoms with Crippen molar-refractivity contribution in [3.8, 4) is 0 Å². The first-order valence-electron chi connectivity index (χ1n) is 7.14. The quantitative estimate of drug-likeness (QED) is 0.872. The number of benzene rings is 1. The summed E-state index contributed by atoms with van der Waals surface area (Å²) in [6.07, 6.45) is 2.31. The predicted molar refractivity (Wildman–Crippen MR) is 78.6 cm³/mol. The number of amides is 1. The van der Waals surface area contributed by atoms with Gasteiger partial charge in [0.2, 0.25) is 0 Å². The number of hydrogen-bond acceptors (Lipinski definition) is 2. The Morgan fingerprint density at radius 1 is 1.32 bits per heavy atom. The van der Waals surface area contributed by atoms with Crippen molar-refractivity contribution in [2.45, 2.75) is 33.6 Å². The maximum atomic E-state index is 12.2. The van der Waals surface area contributed by atoms with Crippen molar-refractivity contribution in [1.29, 1.82) is 0 Å². The van der Waals surface area contributed by atoms with Gasteiger partial charge in [-0.25, -0.2) is 0 Å². The van der Waals surface area contributed by atoms with Gasteiger partial charge in [0, 0.05) is 12.1 Å². The highest BCUT2D eigenvalue weighted by Crippen LogP contribution is 2.16. The molecule has 0 spiro atoms. The summed E-state index contributed by atoms with van der Waals surface area (Å²) in [6, 6.07) is 4.14. The number of hydrogen-bond donors (Lipinski definition) is 2.